The number of hydrogen-bond donors (Lipinski definition) is 0. The zero-order valence-electron chi connectivity index (χ0n) is 11.0. The van der Waals surface area contributed by atoms with Crippen LogP contribution >= 0.6 is 0 Å². The van der Waals surface area contributed by atoms with Gasteiger partial charge in [0, 0.05) is 5.56 Å². The van der Waals surface area contributed by atoms with Gasteiger partial charge in [-0.25, -0.2) is 22.0 Å². The molecule has 7 heteroatoms. The highest BCUT2D eigenvalue weighted by molar-refractivity contribution is 6.33. The van der Waals surface area contributed by atoms with Crippen molar-refractivity contribution in [1.82, 2.24) is 0 Å². The standard InChI is InChI=1S/C14H8BF5O/c1-5-3-7(16)9(12(19)11(5)18)6-4-8(17)10(15)13(20)14(6)21-2/h3-4H,1-2H3. The molecule has 2 aromatic rings. The van der Waals surface area contributed by atoms with Gasteiger partial charge in [-0.15, -0.1) is 0 Å². The van der Waals surface area contributed by atoms with E-state index in [-0.39, 0.29) is 5.56 Å². The predicted octanol–water partition coefficient (Wildman–Crippen LogP) is 3.16. The van der Waals surface area contributed by atoms with Crippen molar-refractivity contribution < 1.29 is 26.7 Å². The van der Waals surface area contributed by atoms with E-state index in [1.165, 1.54) is 0 Å². The first kappa shape index (κ1) is 15.3. The SMILES string of the molecule is [B]c1c(F)cc(-c2c(F)cc(C)c(F)c2F)c(OC)c1F. The van der Waals surface area contributed by atoms with E-state index in [9.17, 15) is 22.0 Å². The molecule has 0 unspecified atom stereocenters. The number of rotatable bonds is 2. The van der Waals surface area contributed by atoms with Crippen molar-refractivity contribution in [3.8, 4) is 16.9 Å². The van der Waals surface area contributed by atoms with Crippen LogP contribution in [0.3, 0.4) is 0 Å². The van der Waals surface area contributed by atoms with E-state index < -0.39 is 51.4 Å². The molecule has 0 aliphatic rings. The molecule has 0 aromatic heterocycles. The molecular formula is C14H8BF5O. The molecular weight excluding hydrogens is 290 g/mol. The van der Waals surface area contributed by atoms with Gasteiger partial charge in [-0.2, -0.15) is 0 Å². The quantitative estimate of drug-likeness (QED) is 0.470. The molecule has 0 bridgehead atoms. The summed E-state index contributed by atoms with van der Waals surface area (Å²) < 4.78 is 73.5. The molecule has 0 aliphatic heterocycles. The third kappa shape index (κ3) is 2.37. The van der Waals surface area contributed by atoms with Gasteiger partial charge in [-0.05, 0) is 30.1 Å². The average Bonchev–Trinajstić information content (AvgIpc) is 2.43. The zero-order valence-corrected chi connectivity index (χ0v) is 11.0. The van der Waals surface area contributed by atoms with Gasteiger partial charge in [-0.1, -0.05) is 0 Å². The van der Waals surface area contributed by atoms with Crippen LogP contribution in [0.25, 0.3) is 11.1 Å². The molecule has 2 aromatic carbocycles. The van der Waals surface area contributed by atoms with Crippen molar-refractivity contribution in [2.24, 2.45) is 0 Å². The van der Waals surface area contributed by atoms with Gasteiger partial charge in [0.1, 0.15) is 19.5 Å². The molecule has 0 N–H and O–H groups in total. The topological polar surface area (TPSA) is 9.23 Å². The van der Waals surface area contributed by atoms with Crippen LogP contribution in [0.4, 0.5) is 22.0 Å². The van der Waals surface area contributed by atoms with Gasteiger partial charge < -0.3 is 4.74 Å². The Bertz CT molecular complexity index is 730. The Morgan fingerprint density at radius 2 is 1.52 bits per heavy atom. The Labute approximate surface area is 118 Å². The highest BCUT2D eigenvalue weighted by Crippen LogP contribution is 2.37. The van der Waals surface area contributed by atoms with E-state index in [2.05, 4.69) is 4.74 Å². The van der Waals surface area contributed by atoms with Crippen molar-refractivity contribution in [1.29, 1.82) is 0 Å². The van der Waals surface area contributed by atoms with E-state index in [0.29, 0.717) is 6.07 Å². The lowest BCUT2D eigenvalue weighted by molar-refractivity contribution is 0.387. The van der Waals surface area contributed by atoms with Crippen molar-refractivity contribution in [3.05, 3.63) is 46.8 Å². The third-order valence-electron chi connectivity index (χ3n) is 3.02. The molecule has 0 saturated heterocycles. The summed E-state index contributed by atoms with van der Waals surface area (Å²) in [5.41, 5.74) is -2.66. The smallest absolute Gasteiger partial charge is 0.169 e. The molecule has 0 spiro atoms. The van der Waals surface area contributed by atoms with E-state index in [1.54, 1.807) is 0 Å². The lowest BCUT2D eigenvalue weighted by Gasteiger charge is -2.14. The fourth-order valence-electron chi connectivity index (χ4n) is 1.96. The zero-order chi connectivity index (χ0) is 15.9. The van der Waals surface area contributed by atoms with Gasteiger partial charge in [0.05, 0.1) is 12.7 Å². The minimum Gasteiger partial charge on any atom is -0.493 e. The van der Waals surface area contributed by atoms with Crippen LogP contribution in [-0.2, 0) is 0 Å². The maximum absolute atomic E-state index is 13.9. The summed E-state index contributed by atoms with van der Waals surface area (Å²) in [5.74, 6) is -7.26. The molecule has 2 radical (unpaired) electrons. The first-order chi connectivity index (χ1) is 9.79. The van der Waals surface area contributed by atoms with E-state index in [0.717, 1.165) is 20.1 Å². The molecule has 0 saturated carbocycles. The summed E-state index contributed by atoms with van der Waals surface area (Å²) in [6.45, 7) is 1.16. The Morgan fingerprint density at radius 1 is 0.905 bits per heavy atom. The molecule has 108 valence electrons. The Hall–Kier alpha value is -2.05. The number of methoxy groups -OCH3 is 1. The maximum Gasteiger partial charge on any atom is 0.169 e. The summed E-state index contributed by atoms with van der Waals surface area (Å²) in [5, 5.41) is 0. The van der Waals surface area contributed by atoms with Crippen LogP contribution in [0.2, 0.25) is 0 Å². The summed E-state index contributed by atoms with van der Waals surface area (Å²) in [6, 6.07) is 1.31. The van der Waals surface area contributed by atoms with Gasteiger partial charge in [0.15, 0.2) is 23.2 Å². The van der Waals surface area contributed by atoms with Crippen LogP contribution in [0.1, 0.15) is 5.56 Å². The van der Waals surface area contributed by atoms with E-state index in [1.807, 2.05) is 0 Å². The number of aryl methyl sites for hydroxylation is 1. The fraction of sp³-hybridized carbons (Fsp3) is 0.143. The second-order valence-corrected chi connectivity index (χ2v) is 4.35. The number of benzene rings is 2. The van der Waals surface area contributed by atoms with E-state index >= 15 is 0 Å². The molecule has 0 heterocycles. The molecule has 0 amide bonds. The van der Waals surface area contributed by atoms with Crippen LogP contribution < -0.4 is 10.2 Å². The number of halogens is 5. The summed E-state index contributed by atoms with van der Waals surface area (Å²) in [7, 11) is 6.16. The van der Waals surface area contributed by atoms with Gasteiger partial charge in [0.2, 0.25) is 0 Å². The average molecular weight is 298 g/mol. The van der Waals surface area contributed by atoms with Gasteiger partial charge in [0.25, 0.3) is 0 Å². The molecule has 0 atom stereocenters. The highest BCUT2D eigenvalue weighted by atomic mass is 19.2. The van der Waals surface area contributed by atoms with Crippen molar-refractivity contribution >= 4 is 13.3 Å². The maximum atomic E-state index is 13.9. The Balaban J connectivity index is 2.89. The molecule has 2 rings (SSSR count). The summed E-state index contributed by atoms with van der Waals surface area (Å²) in [6.07, 6.45) is 0. The third-order valence-corrected chi connectivity index (χ3v) is 3.02. The number of hydrogen-bond acceptors (Lipinski definition) is 1. The second-order valence-electron chi connectivity index (χ2n) is 4.35. The fourth-order valence-corrected chi connectivity index (χ4v) is 1.96. The monoisotopic (exact) mass is 298 g/mol. The Morgan fingerprint density at radius 3 is 2.10 bits per heavy atom. The van der Waals surface area contributed by atoms with Crippen molar-refractivity contribution in [2.75, 3.05) is 7.11 Å². The van der Waals surface area contributed by atoms with Gasteiger partial charge >= 0.3 is 0 Å². The lowest BCUT2D eigenvalue weighted by atomic mass is 9.90. The van der Waals surface area contributed by atoms with Crippen molar-refractivity contribution in [2.45, 2.75) is 6.92 Å². The van der Waals surface area contributed by atoms with Crippen LogP contribution in [0.15, 0.2) is 12.1 Å². The van der Waals surface area contributed by atoms with Crippen LogP contribution in [-0.4, -0.2) is 15.0 Å². The minimum absolute atomic E-state index is 0.274. The molecule has 1 nitrogen and oxygen atoms in total. The highest BCUT2D eigenvalue weighted by Gasteiger charge is 2.25. The molecule has 0 aliphatic carbocycles. The summed E-state index contributed by atoms with van der Waals surface area (Å²) >= 11 is 0. The Kier molecular flexibility index (Phi) is 3.94. The number of ether oxygens (including phenoxy) is 1. The molecule has 0 fully saturated rings. The predicted molar refractivity (Wildman–Crippen MR) is 68.3 cm³/mol. The van der Waals surface area contributed by atoms with Crippen LogP contribution in [0, 0.1) is 36.0 Å². The summed E-state index contributed by atoms with van der Waals surface area (Å²) in [4.78, 5) is 0. The van der Waals surface area contributed by atoms with Crippen LogP contribution in [0.5, 0.6) is 5.75 Å². The van der Waals surface area contributed by atoms with Gasteiger partial charge in [-0.3, -0.25) is 0 Å². The first-order valence-electron chi connectivity index (χ1n) is 5.75. The van der Waals surface area contributed by atoms with E-state index in [4.69, 9.17) is 7.85 Å². The lowest BCUT2D eigenvalue weighted by Crippen LogP contribution is -2.16. The molecule has 21 heavy (non-hydrogen) atoms. The normalized spacial score (nSPS) is 10.8. The van der Waals surface area contributed by atoms with Crippen molar-refractivity contribution in [3.63, 3.8) is 0 Å². The largest absolute Gasteiger partial charge is 0.493 e. The minimum atomic E-state index is -1.56. The first-order valence-corrected chi connectivity index (χ1v) is 5.75. The second kappa shape index (κ2) is 5.39.